The summed E-state index contributed by atoms with van der Waals surface area (Å²) in [4.78, 5) is 11.7. The number of hydrazone groups is 1. The normalized spacial score (nSPS) is 10.9. The predicted octanol–water partition coefficient (Wildman–Crippen LogP) is 3.23. The van der Waals surface area contributed by atoms with Gasteiger partial charge in [-0.05, 0) is 37.3 Å². The molecule has 0 saturated carbocycles. The highest BCUT2D eigenvalue weighted by molar-refractivity contribution is 5.83. The lowest BCUT2D eigenvalue weighted by Gasteiger charge is -2.05. The van der Waals surface area contributed by atoms with Gasteiger partial charge >= 0.3 is 0 Å². The summed E-state index contributed by atoms with van der Waals surface area (Å²) in [7, 11) is 1.63. The van der Waals surface area contributed by atoms with Crippen molar-refractivity contribution in [2.75, 3.05) is 19.0 Å². The third kappa shape index (κ3) is 5.61. The van der Waals surface area contributed by atoms with Crippen molar-refractivity contribution in [3.8, 4) is 5.75 Å². The number of nitrogens with zero attached hydrogens (tertiary/aromatic N) is 1. The summed E-state index contributed by atoms with van der Waals surface area (Å²) in [5, 5.41) is 6.91. The van der Waals surface area contributed by atoms with E-state index in [1.165, 1.54) is 11.8 Å². The van der Waals surface area contributed by atoms with Gasteiger partial charge in [0.25, 0.3) is 5.91 Å². The number of hydrogen-bond donors (Lipinski definition) is 2. The molecular formula is C19H21N3O2. The van der Waals surface area contributed by atoms with Gasteiger partial charge in [0.2, 0.25) is 0 Å². The molecule has 2 aromatic rings. The largest absolute Gasteiger partial charge is 0.496 e. The van der Waals surface area contributed by atoms with Crippen LogP contribution in [0.25, 0.3) is 6.08 Å². The molecule has 0 aliphatic heterocycles. The molecule has 1 amide bonds. The molecule has 0 bridgehead atoms. The number of ether oxygens (including phenoxy) is 1. The standard InChI is InChI=1S/C19H21N3O2/c1-15-9-11-17(12-10-15)20-14-19(23)22-21-13-5-7-16-6-3-4-8-18(16)24-2/h3-13,20H,14H2,1-2H3,(H,22,23)/b7-5+,21-13+. The number of amides is 1. The van der Waals surface area contributed by atoms with Crippen molar-refractivity contribution in [3.05, 3.63) is 65.7 Å². The molecular weight excluding hydrogens is 302 g/mol. The van der Waals surface area contributed by atoms with E-state index in [4.69, 9.17) is 4.74 Å². The molecule has 5 heteroatoms. The third-order valence-corrected chi connectivity index (χ3v) is 3.27. The molecule has 0 radical (unpaired) electrons. The summed E-state index contributed by atoms with van der Waals surface area (Å²) in [5.74, 6) is 0.575. The fraction of sp³-hybridized carbons (Fsp3) is 0.158. The number of carbonyl (C=O) groups excluding carboxylic acids is 1. The molecule has 5 nitrogen and oxygen atoms in total. The summed E-state index contributed by atoms with van der Waals surface area (Å²) in [6, 6.07) is 15.5. The maximum atomic E-state index is 11.7. The highest BCUT2D eigenvalue weighted by Crippen LogP contribution is 2.18. The first-order valence-electron chi connectivity index (χ1n) is 7.61. The van der Waals surface area contributed by atoms with Crippen LogP contribution in [0.4, 0.5) is 5.69 Å². The van der Waals surface area contributed by atoms with Crippen molar-refractivity contribution < 1.29 is 9.53 Å². The Kier molecular flexibility index (Phi) is 6.58. The Bertz CT molecular complexity index is 722. The zero-order chi connectivity index (χ0) is 17.2. The van der Waals surface area contributed by atoms with Crippen LogP contribution in [0.2, 0.25) is 0 Å². The second kappa shape index (κ2) is 9.15. The van der Waals surface area contributed by atoms with Gasteiger partial charge in [-0.1, -0.05) is 35.9 Å². The number of aryl methyl sites for hydroxylation is 1. The monoisotopic (exact) mass is 323 g/mol. The van der Waals surface area contributed by atoms with Crippen molar-refractivity contribution >= 4 is 23.9 Å². The average Bonchev–Trinajstić information content (AvgIpc) is 2.61. The number of methoxy groups -OCH3 is 1. The van der Waals surface area contributed by atoms with Gasteiger partial charge in [-0.25, -0.2) is 5.43 Å². The van der Waals surface area contributed by atoms with Gasteiger partial charge in [-0.3, -0.25) is 4.79 Å². The number of hydrogen-bond acceptors (Lipinski definition) is 4. The molecule has 2 N–H and O–H groups in total. The average molecular weight is 323 g/mol. The van der Waals surface area contributed by atoms with Crippen molar-refractivity contribution in [3.63, 3.8) is 0 Å². The van der Waals surface area contributed by atoms with Crippen LogP contribution in [0.5, 0.6) is 5.75 Å². The molecule has 0 aromatic heterocycles. The Morgan fingerprint density at radius 3 is 2.67 bits per heavy atom. The van der Waals surface area contributed by atoms with Gasteiger partial charge in [0.15, 0.2) is 0 Å². The molecule has 0 atom stereocenters. The second-order valence-corrected chi connectivity index (χ2v) is 5.13. The van der Waals surface area contributed by atoms with Gasteiger partial charge in [0.05, 0.1) is 13.7 Å². The molecule has 2 aromatic carbocycles. The lowest BCUT2D eigenvalue weighted by molar-refractivity contribution is -0.119. The van der Waals surface area contributed by atoms with Gasteiger partial charge in [0, 0.05) is 17.5 Å². The number of nitrogens with one attached hydrogen (secondary N) is 2. The summed E-state index contributed by atoms with van der Waals surface area (Å²) >= 11 is 0. The molecule has 0 spiro atoms. The number of allylic oxidation sites excluding steroid dienone is 1. The Hall–Kier alpha value is -3.08. The van der Waals surface area contributed by atoms with E-state index in [-0.39, 0.29) is 12.5 Å². The highest BCUT2D eigenvalue weighted by atomic mass is 16.5. The van der Waals surface area contributed by atoms with Crippen molar-refractivity contribution in [2.45, 2.75) is 6.92 Å². The number of rotatable bonds is 7. The van der Waals surface area contributed by atoms with E-state index in [0.29, 0.717) is 0 Å². The number of carbonyl (C=O) groups is 1. The zero-order valence-corrected chi connectivity index (χ0v) is 13.8. The van der Waals surface area contributed by atoms with Crippen LogP contribution in [-0.2, 0) is 4.79 Å². The quantitative estimate of drug-likeness (QED) is 0.607. The molecule has 0 saturated heterocycles. The summed E-state index contributed by atoms with van der Waals surface area (Å²) in [6.07, 6.45) is 5.13. The third-order valence-electron chi connectivity index (χ3n) is 3.27. The number of anilines is 1. The van der Waals surface area contributed by atoms with Crippen LogP contribution in [-0.4, -0.2) is 25.8 Å². The van der Waals surface area contributed by atoms with E-state index in [0.717, 1.165) is 17.0 Å². The maximum absolute atomic E-state index is 11.7. The fourth-order valence-electron chi connectivity index (χ4n) is 2.00. The first-order chi connectivity index (χ1) is 11.7. The molecule has 0 unspecified atom stereocenters. The van der Waals surface area contributed by atoms with Crippen LogP contribution in [0.3, 0.4) is 0 Å². The topological polar surface area (TPSA) is 62.7 Å². The Labute approximate surface area is 142 Å². The zero-order valence-electron chi connectivity index (χ0n) is 13.8. The van der Waals surface area contributed by atoms with Crippen molar-refractivity contribution in [2.24, 2.45) is 5.10 Å². The summed E-state index contributed by atoms with van der Waals surface area (Å²) in [6.45, 7) is 2.18. The minimum atomic E-state index is -0.211. The highest BCUT2D eigenvalue weighted by Gasteiger charge is 1.99. The lowest BCUT2D eigenvalue weighted by atomic mass is 10.2. The minimum Gasteiger partial charge on any atom is -0.496 e. The van der Waals surface area contributed by atoms with E-state index in [1.807, 2.05) is 61.5 Å². The van der Waals surface area contributed by atoms with Crippen LogP contribution >= 0.6 is 0 Å². The molecule has 24 heavy (non-hydrogen) atoms. The summed E-state index contributed by atoms with van der Waals surface area (Å²) in [5.41, 5.74) is 5.48. The SMILES string of the molecule is COc1ccccc1/C=C/C=N/NC(=O)CNc1ccc(C)cc1. The van der Waals surface area contributed by atoms with Crippen LogP contribution in [0, 0.1) is 6.92 Å². The maximum Gasteiger partial charge on any atom is 0.259 e. The van der Waals surface area contributed by atoms with Crippen molar-refractivity contribution in [1.82, 2.24) is 5.43 Å². The van der Waals surface area contributed by atoms with Gasteiger partial charge in [-0.15, -0.1) is 0 Å². The van der Waals surface area contributed by atoms with E-state index in [2.05, 4.69) is 15.8 Å². The van der Waals surface area contributed by atoms with Crippen LogP contribution in [0.1, 0.15) is 11.1 Å². The smallest absolute Gasteiger partial charge is 0.259 e. The molecule has 0 fully saturated rings. The van der Waals surface area contributed by atoms with Gasteiger partial charge in [0.1, 0.15) is 5.75 Å². The van der Waals surface area contributed by atoms with Crippen molar-refractivity contribution in [1.29, 1.82) is 0 Å². The summed E-state index contributed by atoms with van der Waals surface area (Å²) < 4.78 is 5.25. The van der Waals surface area contributed by atoms with Crippen LogP contribution < -0.4 is 15.5 Å². The van der Waals surface area contributed by atoms with E-state index in [9.17, 15) is 4.79 Å². The molecule has 124 valence electrons. The fourth-order valence-corrected chi connectivity index (χ4v) is 2.00. The Morgan fingerprint density at radius 2 is 1.92 bits per heavy atom. The van der Waals surface area contributed by atoms with E-state index >= 15 is 0 Å². The Morgan fingerprint density at radius 1 is 1.17 bits per heavy atom. The second-order valence-electron chi connectivity index (χ2n) is 5.13. The number of benzene rings is 2. The molecule has 0 aliphatic rings. The first-order valence-corrected chi connectivity index (χ1v) is 7.61. The van der Waals surface area contributed by atoms with Crippen LogP contribution in [0.15, 0.2) is 59.7 Å². The minimum absolute atomic E-state index is 0.163. The predicted molar refractivity (Wildman–Crippen MR) is 98.3 cm³/mol. The Balaban J connectivity index is 1.76. The van der Waals surface area contributed by atoms with E-state index in [1.54, 1.807) is 13.2 Å². The number of para-hydroxylation sites is 1. The lowest BCUT2D eigenvalue weighted by Crippen LogP contribution is -2.25. The molecule has 0 aliphatic carbocycles. The molecule has 0 heterocycles. The molecule has 2 rings (SSSR count). The van der Waals surface area contributed by atoms with Gasteiger partial charge < -0.3 is 10.1 Å². The van der Waals surface area contributed by atoms with E-state index < -0.39 is 0 Å². The first kappa shape index (κ1) is 17.3. The van der Waals surface area contributed by atoms with Gasteiger partial charge in [-0.2, -0.15) is 5.10 Å².